The van der Waals surface area contributed by atoms with Gasteiger partial charge in [-0.25, -0.2) is 4.98 Å². The van der Waals surface area contributed by atoms with Crippen LogP contribution < -0.4 is 10.6 Å². The van der Waals surface area contributed by atoms with Crippen LogP contribution in [0.5, 0.6) is 0 Å². The second-order valence-corrected chi connectivity index (χ2v) is 6.21. The number of nitrogens with one attached hydrogen (secondary N) is 2. The Kier molecular flexibility index (Phi) is 10.7. The molecule has 0 atom stereocenters. The maximum absolute atomic E-state index is 12.2. The highest BCUT2D eigenvalue weighted by molar-refractivity contribution is 14.0. The molecule has 1 aromatic heterocycles. The van der Waals surface area contributed by atoms with Gasteiger partial charge in [0.2, 0.25) is 0 Å². The van der Waals surface area contributed by atoms with Gasteiger partial charge in [-0.3, -0.25) is 9.89 Å². The number of guanidine groups is 1. The molecular weight excluding hydrogens is 442 g/mol. The van der Waals surface area contributed by atoms with Gasteiger partial charge in [0.25, 0.3) is 0 Å². The van der Waals surface area contributed by atoms with E-state index in [1.54, 1.807) is 18.4 Å². The summed E-state index contributed by atoms with van der Waals surface area (Å²) in [4.78, 5) is 10.7. The van der Waals surface area contributed by atoms with Crippen LogP contribution in [0.15, 0.2) is 11.2 Å². The van der Waals surface area contributed by atoms with E-state index in [-0.39, 0.29) is 30.5 Å². The van der Waals surface area contributed by atoms with Crippen molar-refractivity contribution in [1.29, 1.82) is 0 Å². The van der Waals surface area contributed by atoms with Crippen molar-refractivity contribution in [3.8, 4) is 0 Å². The lowest BCUT2D eigenvalue weighted by molar-refractivity contribution is -0.142. The molecule has 0 unspecified atom stereocenters. The van der Waals surface area contributed by atoms with Gasteiger partial charge < -0.3 is 10.6 Å². The van der Waals surface area contributed by atoms with E-state index in [0.717, 1.165) is 11.4 Å². The number of aromatic nitrogens is 1. The average Bonchev–Trinajstić information content (AvgIpc) is 2.80. The summed E-state index contributed by atoms with van der Waals surface area (Å²) in [5, 5.41) is 7.15. The summed E-state index contributed by atoms with van der Waals surface area (Å²) in [6.07, 6.45) is -1.54. The second kappa shape index (κ2) is 11.0. The highest BCUT2D eigenvalue weighted by Crippen LogP contribution is 2.15. The molecular formula is C13H23F3IN5S. The van der Waals surface area contributed by atoms with Gasteiger partial charge in [-0.15, -0.1) is 35.3 Å². The molecule has 1 heterocycles. The number of halogens is 4. The van der Waals surface area contributed by atoms with Crippen LogP contribution in [-0.2, 0) is 6.42 Å². The van der Waals surface area contributed by atoms with Gasteiger partial charge in [-0.1, -0.05) is 0 Å². The van der Waals surface area contributed by atoms with E-state index in [4.69, 9.17) is 0 Å². The third-order valence-electron chi connectivity index (χ3n) is 2.76. The predicted octanol–water partition coefficient (Wildman–Crippen LogP) is 2.27. The smallest absolute Gasteiger partial charge is 0.356 e. The van der Waals surface area contributed by atoms with Crippen LogP contribution in [0.1, 0.15) is 9.88 Å². The molecule has 0 amide bonds. The third kappa shape index (κ3) is 10.7. The fraction of sp³-hybridized carbons (Fsp3) is 0.692. The number of thiazole rings is 1. The van der Waals surface area contributed by atoms with Crippen LogP contribution in [0.25, 0.3) is 0 Å². The molecule has 0 fully saturated rings. The SMILES string of the molecule is CN=C(NCCc1ncc(C)s1)NCCN(C)CC(F)(F)F.I. The molecule has 1 aromatic rings. The van der Waals surface area contributed by atoms with Gasteiger partial charge >= 0.3 is 6.18 Å². The Morgan fingerprint density at radius 3 is 2.52 bits per heavy atom. The summed E-state index contributed by atoms with van der Waals surface area (Å²) < 4.78 is 36.6. The molecule has 5 nitrogen and oxygen atoms in total. The minimum absolute atomic E-state index is 0. The first-order valence-electron chi connectivity index (χ1n) is 6.91. The van der Waals surface area contributed by atoms with E-state index in [9.17, 15) is 13.2 Å². The fourth-order valence-electron chi connectivity index (χ4n) is 1.78. The molecule has 0 aliphatic rings. The molecule has 0 spiro atoms. The normalized spacial score (nSPS) is 12.2. The molecule has 2 N–H and O–H groups in total. The largest absolute Gasteiger partial charge is 0.401 e. The van der Waals surface area contributed by atoms with Crippen molar-refractivity contribution >= 4 is 41.3 Å². The van der Waals surface area contributed by atoms with Crippen molar-refractivity contribution in [3.63, 3.8) is 0 Å². The Hall–Kier alpha value is -0.620. The Labute approximate surface area is 155 Å². The molecule has 0 aliphatic carbocycles. The van der Waals surface area contributed by atoms with E-state index in [1.807, 2.05) is 13.1 Å². The monoisotopic (exact) mass is 465 g/mol. The minimum atomic E-state index is -4.17. The topological polar surface area (TPSA) is 52.6 Å². The zero-order valence-corrected chi connectivity index (χ0v) is 16.6. The summed E-state index contributed by atoms with van der Waals surface area (Å²) in [6.45, 7) is 2.44. The van der Waals surface area contributed by atoms with Crippen LogP contribution in [0.4, 0.5) is 13.2 Å². The number of likely N-dealkylation sites (N-methyl/N-ethyl adjacent to an activating group) is 1. The molecule has 0 saturated heterocycles. The lowest BCUT2D eigenvalue weighted by Crippen LogP contribution is -2.42. The van der Waals surface area contributed by atoms with Gasteiger partial charge in [0.15, 0.2) is 5.96 Å². The zero-order chi connectivity index (χ0) is 16.6. The lowest BCUT2D eigenvalue weighted by Gasteiger charge is -2.19. The van der Waals surface area contributed by atoms with Crippen molar-refractivity contribution in [2.75, 3.05) is 40.3 Å². The van der Waals surface area contributed by atoms with E-state index >= 15 is 0 Å². The standard InChI is InChI=1S/C13H22F3N5S.HI/c1-10-8-20-11(22-10)4-5-18-12(17-2)19-6-7-21(3)9-13(14,15)16;/h8H,4-7,9H2,1-3H3,(H2,17,18,19);1H. The molecule has 0 bridgehead atoms. The number of alkyl halides is 3. The van der Waals surface area contributed by atoms with Crippen LogP contribution in [0.3, 0.4) is 0 Å². The number of rotatable bonds is 7. The number of hydrogen-bond donors (Lipinski definition) is 2. The van der Waals surface area contributed by atoms with Crippen molar-refractivity contribution in [2.24, 2.45) is 4.99 Å². The van der Waals surface area contributed by atoms with E-state index < -0.39 is 12.7 Å². The van der Waals surface area contributed by atoms with Crippen LogP contribution in [0.2, 0.25) is 0 Å². The molecule has 10 heteroatoms. The van der Waals surface area contributed by atoms with Gasteiger partial charge in [0.1, 0.15) is 0 Å². The quantitative estimate of drug-likeness (QED) is 0.369. The Bertz CT molecular complexity index is 478. The summed E-state index contributed by atoms with van der Waals surface area (Å²) in [7, 11) is 3.07. The Morgan fingerprint density at radius 1 is 1.35 bits per heavy atom. The first-order valence-corrected chi connectivity index (χ1v) is 7.73. The predicted molar refractivity (Wildman–Crippen MR) is 98.9 cm³/mol. The van der Waals surface area contributed by atoms with Crippen molar-refractivity contribution in [1.82, 2.24) is 20.5 Å². The van der Waals surface area contributed by atoms with Crippen LogP contribution in [-0.4, -0.2) is 62.3 Å². The van der Waals surface area contributed by atoms with Crippen LogP contribution in [0, 0.1) is 6.92 Å². The molecule has 0 saturated carbocycles. The molecule has 1 rings (SSSR count). The molecule has 0 radical (unpaired) electrons. The van der Waals surface area contributed by atoms with E-state index in [0.29, 0.717) is 19.0 Å². The third-order valence-corrected chi connectivity index (χ3v) is 3.73. The number of nitrogens with zero attached hydrogens (tertiary/aromatic N) is 3. The summed E-state index contributed by atoms with van der Waals surface area (Å²) in [5.74, 6) is 0.577. The summed E-state index contributed by atoms with van der Waals surface area (Å²) >= 11 is 1.65. The Morgan fingerprint density at radius 2 is 2.00 bits per heavy atom. The maximum Gasteiger partial charge on any atom is 0.401 e. The molecule has 134 valence electrons. The number of aryl methyl sites for hydroxylation is 1. The van der Waals surface area contributed by atoms with Gasteiger partial charge in [-0.2, -0.15) is 13.2 Å². The maximum atomic E-state index is 12.2. The lowest BCUT2D eigenvalue weighted by atomic mass is 10.4. The highest BCUT2D eigenvalue weighted by atomic mass is 127. The van der Waals surface area contributed by atoms with Gasteiger partial charge in [-0.05, 0) is 14.0 Å². The molecule has 23 heavy (non-hydrogen) atoms. The van der Waals surface area contributed by atoms with E-state index in [2.05, 4.69) is 20.6 Å². The van der Waals surface area contributed by atoms with Gasteiger partial charge in [0.05, 0.1) is 11.6 Å². The van der Waals surface area contributed by atoms with Crippen molar-refractivity contribution in [2.45, 2.75) is 19.5 Å². The number of aliphatic imine (C=N–C) groups is 1. The van der Waals surface area contributed by atoms with E-state index in [1.165, 1.54) is 16.8 Å². The van der Waals surface area contributed by atoms with Crippen molar-refractivity contribution in [3.05, 3.63) is 16.1 Å². The van der Waals surface area contributed by atoms with Gasteiger partial charge in [0, 0.05) is 44.2 Å². The first-order chi connectivity index (χ1) is 10.3. The van der Waals surface area contributed by atoms with Crippen molar-refractivity contribution < 1.29 is 13.2 Å². The summed E-state index contributed by atoms with van der Waals surface area (Å²) in [5.41, 5.74) is 0. The number of hydrogen-bond acceptors (Lipinski definition) is 4. The second-order valence-electron chi connectivity index (χ2n) is 4.89. The Balaban J connectivity index is 0.00000484. The minimum Gasteiger partial charge on any atom is -0.356 e. The molecule has 0 aromatic carbocycles. The average molecular weight is 465 g/mol. The summed E-state index contributed by atoms with van der Waals surface area (Å²) in [6, 6.07) is 0. The van der Waals surface area contributed by atoms with Crippen LogP contribution >= 0.6 is 35.3 Å². The fourth-order valence-corrected chi connectivity index (χ4v) is 2.56. The first kappa shape index (κ1) is 22.4. The zero-order valence-electron chi connectivity index (χ0n) is 13.4. The molecule has 0 aliphatic heterocycles. The highest BCUT2D eigenvalue weighted by Gasteiger charge is 2.28.